The lowest BCUT2D eigenvalue weighted by atomic mass is 9.93. The van der Waals surface area contributed by atoms with Crippen LogP contribution in [0.15, 0.2) is 0 Å². The molecule has 0 aromatic rings. The highest BCUT2D eigenvalue weighted by atomic mass is 35.5. The number of rotatable bonds is 5. The van der Waals surface area contributed by atoms with Crippen molar-refractivity contribution < 1.29 is 4.79 Å². The molecule has 3 nitrogen and oxygen atoms in total. The molecule has 1 N–H and O–H groups in total. The van der Waals surface area contributed by atoms with E-state index < -0.39 is 0 Å². The van der Waals surface area contributed by atoms with E-state index in [1.54, 1.807) is 0 Å². The Hall–Kier alpha value is -0.280. The second-order valence-corrected chi connectivity index (χ2v) is 5.85. The maximum atomic E-state index is 12.3. The predicted octanol–water partition coefficient (Wildman–Crippen LogP) is 2.98. The van der Waals surface area contributed by atoms with Crippen molar-refractivity contribution in [2.75, 3.05) is 19.6 Å². The number of amides is 1. The maximum Gasteiger partial charge on any atom is 0.222 e. The molecule has 1 heterocycles. The van der Waals surface area contributed by atoms with Gasteiger partial charge in [0.1, 0.15) is 0 Å². The van der Waals surface area contributed by atoms with Gasteiger partial charge in [0.15, 0.2) is 0 Å². The van der Waals surface area contributed by atoms with E-state index in [2.05, 4.69) is 17.1 Å². The first-order valence-electron chi connectivity index (χ1n) is 7.81. The molecule has 2 aliphatic rings. The van der Waals surface area contributed by atoms with Gasteiger partial charge in [-0.3, -0.25) is 4.79 Å². The van der Waals surface area contributed by atoms with Crippen LogP contribution in [0.1, 0.15) is 58.3 Å². The molecule has 0 aromatic heterocycles. The molecule has 1 aliphatic carbocycles. The lowest BCUT2D eigenvalue weighted by molar-refractivity contribution is -0.133. The van der Waals surface area contributed by atoms with Gasteiger partial charge in [-0.2, -0.15) is 0 Å². The molecular weight excluding hydrogens is 260 g/mol. The zero-order valence-electron chi connectivity index (χ0n) is 12.2. The van der Waals surface area contributed by atoms with Crippen LogP contribution in [0.25, 0.3) is 0 Å². The Morgan fingerprint density at radius 1 is 1.16 bits per heavy atom. The molecule has 0 atom stereocenters. The van der Waals surface area contributed by atoms with Crippen molar-refractivity contribution in [1.82, 2.24) is 10.2 Å². The lowest BCUT2D eigenvalue weighted by Crippen LogP contribution is -2.39. The Labute approximate surface area is 123 Å². The molecule has 0 aromatic carbocycles. The highest BCUT2D eigenvalue weighted by molar-refractivity contribution is 5.85. The van der Waals surface area contributed by atoms with E-state index in [4.69, 9.17) is 0 Å². The van der Waals surface area contributed by atoms with Crippen molar-refractivity contribution in [2.45, 2.75) is 64.3 Å². The maximum absolute atomic E-state index is 12.3. The molecule has 2 fully saturated rings. The zero-order chi connectivity index (χ0) is 12.8. The number of carbonyl (C=O) groups is 1. The van der Waals surface area contributed by atoms with Gasteiger partial charge in [-0.1, -0.05) is 12.8 Å². The van der Waals surface area contributed by atoms with Crippen molar-refractivity contribution in [3.63, 3.8) is 0 Å². The summed E-state index contributed by atoms with van der Waals surface area (Å²) >= 11 is 0. The summed E-state index contributed by atoms with van der Waals surface area (Å²) in [5, 5.41) is 3.39. The van der Waals surface area contributed by atoms with Gasteiger partial charge in [-0.15, -0.1) is 12.4 Å². The van der Waals surface area contributed by atoms with Crippen LogP contribution in [-0.4, -0.2) is 36.5 Å². The predicted molar refractivity (Wildman–Crippen MR) is 81.7 cm³/mol. The third kappa shape index (κ3) is 4.96. The SMILES string of the molecule is CCN(C(=O)CCC1CCNCC1)C1CCCC1.Cl. The molecule has 1 saturated carbocycles. The molecule has 112 valence electrons. The Bertz CT molecular complexity index is 261. The first-order chi connectivity index (χ1) is 8.81. The topological polar surface area (TPSA) is 32.3 Å². The normalized spacial score (nSPS) is 21.1. The largest absolute Gasteiger partial charge is 0.340 e. The van der Waals surface area contributed by atoms with Gasteiger partial charge in [0, 0.05) is 19.0 Å². The molecular formula is C15H29ClN2O. The van der Waals surface area contributed by atoms with E-state index >= 15 is 0 Å². The Morgan fingerprint density at radius 2 is 1.79 bits per heavy atom. The second-order valence-electron chi connectivity index (χ2n) is 5.85. The molecule has 4 heteroatoms. The highest BCUT2D eigenvalue weighted by Crippen LogP contribution is 2.25. The summed E-state index contributed by atoms with van der Waals surface area (Å²) in [4.78, 5) is 14.5. The average Bonchev–Trinajstić information content (AvgIpc) is 2.92. The van der Waals surface area contributed by atoms with Crippen molar-refractivity contribution in [3.05, 3.63) is 0 Å². The van der Waals surface area contributed by atoms with E-state index in [0.29, 0.717) is 11.9 Å². The van der Waals surface area contributed by atoms with Gasteiger partial charge in [-0.25, -0.2) is 0 Å². The van der Waals surface area contributed by atoms with Gasteiger partial charge < -0.3 is 10.2 Å². The molecule has 0 spiro atoms. The van der Waals surface area contributed by atoms with Crippen LogP contribution in [0, 0.1) is 5.92 Å². The molecule has 2 rings (SSSR count). The van der Waals surface area contributed by atoms with E-state index in [0.717, 1.165) is 38.4 Å². The number of nitrogens with zero attached hydrogens (tertiary/aromatic N) is 1. The number of piperidine rings is 1. The molecule has 1 amide bonds. The third-order valence-corrected chi connectivity index (χ3v) is 4.65. The van der Waals surface area contributed by atoms with Crippen LogP contribution in [-0.2, 0) is 4.79 Å². The Balaban J connectivity index is 0.00000180. The van der Waals surface area contributed by atoms with Crippen LogP contribution in [0.5, 0.6) is 0 Å². The Kier molecular flexibility index (Phi) is 7.77. The van der Waals surface area contributed by atoms with E-state index in [1.165, 1.54) is 38.5 Å². The number of nitrogens with one attached hydrogen (secondary N) is 1. The summed E-state index contributed by atoms with van der Waals surface area (Å²) in [6, 6.07) is 0.551. The van der Waals surface area contributed by atoms with Crippen LogP contribution in [0.3, 0.4) is 0 Å². The van der Waals surface area contributed by atoms with Gasteiger partial charge in [0.2, 0.25) is 5.91 Å². The smallest absolute Gasteiger partial charge is 0.222 e. The summed E-state index contributed by atoms with van der Waals surface area (Å²) in [5.41, 5.74) is 0. The quantitative estimate of drug-likeness (QED) is 0.843. The van der Waals surface area contributed by atoms with Crippen LogP contribution in [0.4, 0.5) is 0 Å². The fourth-order valence-corrected chi connectivity index (χ4v) is 3.50. The summed E-state index contributed by atoms with van der Waals surface area (Å²) in [6.45, 7) is 5.30. The first-order valence-corrected chi connectivity index (χ1v) is 7.81. The zero-order valence-corrected chi connectivity index (χ0v) is 13.0. The molecule has 0 bridgehead atoms. The molecule has 1 saturated heterocycles. The number of hydrogen-bond acceptors (Lipinski definition) is 2. The molecule has 1 aliphatic heterocycles. The monoisotopic (exact) mass is 288 g/mol. The second kappa shape index (κ2) is 8.80. The van der Waals surface area contributed by atoms with Crippen molar-refractivity contribution in [3.8, 4) is 0 Å². The minimum Gasteiger partial charge on any atom is -0.340 e. The number of hydrogen-bond donors (Lipinski definition) is 1. The lowest BCUT2D eigenvalue weighted by Gasteiger charge is -2.29. The van der Waals surface area contributed by atoms with Crippen molar-refractivity contribution in [1.29, 1.82) is 0 Å². The minimum atomic E-state index is 0. The number of carbonyl (C=O) groups excluding carboxylic acids is 1. The van der Waals surface area contributed by atoms with Gasteiger partial charge in [-0.05, 0) is 58.0 Å². The fraction of sp³-hybridized carbons (Fsp3) is 0.933. The minimum absolute atomic E-state index is 0. The molecule has 0 radical (unpaired) electrons. The number of halogens is 1. The van der Waals surface area contributed by atoms with Gasteiger partial charge in [0.05, 0.1) is 0 Å². The van der Waals surface area contributed by atoms with E-state index in [1.807, 2.05) is 0 Å². The highest BCUT2D eigenvalue weighted by Gasteiger charge is 2.25. The first kappa shape index (κ1) is 16.8. The van der Waals surface area contributed by atoms with Gasteiger partial charge >= 0.3 is 0 Å². The van der Waals surface area contributed by atoms with Gasteiger partial charge in [0.25, 0.3) is 0 Å². The average molecular weight is 289 g/mol. The van der Waals surface area contributed by atoms with Crippen LogP contribution < -0.4 is 5.32 Å². The summed E-state index contributed by atoms with van der Waals surface area (Å²) in [5.74, 6) is 1.18. The fourth-order valence-electron chi connectivity index (χ4n) is 3.50. The van der Waals surface area contributed by atoms with Crippen molar-refractivity contribution >= 4 is 18.3 Å². The summed E-state index contributed by atoms with van der Waals surface area (Å²) in [6.07, 6.45) is 9.45. The third-order valence-electron chi connectivity index (χ3n) is 4.65. The molecule has 19 heavy (non-hydrogen) atoms. The molecule has 0 unspecified atom stereocenters. The van der Waals surface area contributed by atoms with E-state index in [-0.39, 0.29) is 12.4 Å². The van der Waals surface area contributed by atoms with Crippen molar-refractivity contribution in [2.24, 2.45) is 5.92 Å². The summed E-state index contributed by atoms with van der Waals surface area (Å²) < 4.78 is 0. The summed E-state index contributed by atoms with van der Waals surface area (Å²) in [7, 11) is 0. The Morgan fingerprint density at radius 3 is 2.37 bits per heavy atom. The standard InChI is InChI=1S/C15H28N2O.ClH/c1-2-17(14-5-3-4-6-14)15(18)8-7-13-9-11-16-12-10-13;/h13-14,16H,2-12H2,1H3;1H. The van der Waals surface area contributed by atoms with Crippen LogP contribution >= 0.6 is 12.4 Å². The van der Waals surface area contributed by atoms with E-state index in [9.17, 15) is 4.79 Å². The van der Waals surface area contributed by atoms with Crippen LogP contribution in [0.2, 0.25) is 0 Å².